The molecule has 1 saturated heterocycles. The number of ether oxygens (including phenoxy) is 4. The number of methoxy groups -OCH3 is 1. The zero-order chi connectivity index (χ0) is 25.1. The fraction of sp³-hybridized carbons (Fsp3) is 0.565. The van der Waals surface area contributed by atoms with Crippen molar-refractivity contribution < 1.29 is 43.2 Å². The molecule has 0 bridgehead atoms. The smallest absolute Gasteiger partial charge is 0.339 e. The summed E-state index contributed by atoms with van der Waals surface area (Å²) in [4.78, 5) is 50.0. The number of allylic oxidation sites excluding steroid dienone is 2. The number of rotatable bonds is 5. The van der Waals surface area contributed by atoms with Gasteiger partial charge in [0.25, 0.3) is 0 Å². The molecule has 0 amide bonds. The highest BCUT2D eigenvalue weighted by Crippen LogP contribution is 2.38. The molecule has 9 nitrogen and oxygen atoms in total. The van der Waals surface area contributed by atoms with Crippen LogP contribution in [0.25, 0.3) is 0 Å². The fourth-order valence-electron chi connectivity index (χ4n) is 3.60. The van der Waals surface area contributed by atoms with E-state index in [1.54, 1.807) is 6.08 Å². The molecule has 0 aromatic heterocycles. The Morgan fingerprint density at radius 3 is 2.52 bits per heavy atom. The molecule has 0 aromatic carbocycles. The predicted octanol–water partition coefficient (Wildman–Crippen LogP) is 2.15. The van der Waals surface area contributed by atoms with Crippen LogP contribution in [0.4, 0.5) is 0 Å². The van der Waals surface area contributed by atoms with Crippen molar-refractivity contribution in [3.05, 3.63) is 35.5 Å². The van der Waals surface area contributed by atoms with Crippen molar-refractivity contribution in [2.75, 3.05) is 7.11 Å². The molecule has 1 aliphatic heterocycles. The molecule has 0 radical (unpaired) electrons. The summed E-state index contributed by atoms with van der Waals surface area (Å²) in [6, 6.07) is 0. The van der Waals surface area contributed by atoms with E-state index in [9.17, 15) is 24.3 Å². The summed E-state index contributed by atoms with van der Waals surface area (Å²) in [5.74, 6) is -4.47. The molecule has 1 aliphatic carbocycles. The summed E-state index contributed by atoms with van der Waals surface area (Å²) in [6.45, 7) is 9.28. The van der Waals surface area contributed by atoms with Crippen molar-refractivity contribution in [2.45, 2.75) is 69.8 Å². The number of hydrogen-bond acceptors (Lipinski definition) is 9. The van der Waals surface area contributed by atoms with Gasteiger partial charge in [0, 0.05) is 12.5 Å². The maximum atomic E-state index is 12.9. The standard InChI is InChI=1S/C23H29ClO9/c1-11-8-7-9-15(21(27)30-6)18(31-14(4)25)19(33-22(28)23(5,29)13(3)24)17-12(2)20(26)32-16(17)10-11/h9-10,13,16-19,29H,2,7-8H2,1,3-6H3/b11-10+,15-9+/t13-,16-,17+,18+,19+,23+/m1/s1. The zero-order valence-electron chi connectivity index (χ0n) is 19.3. The van der Waals surface area contributed by atoms with Crippen LogP contribution >= 0.6 is 11.6 Å². The molecular formula is C23H29ClO9. The highest BCUT2D eigenvalue weighted by atomic mass is 35.5. The van der Waals surface area contributed by atoms with Gasteiger partial charge in [-0.15, -0.1) is 11.6 Å². The van der Waals surface area contributed by atoms with Crippen LogP contribution in [0.5, 0.6) is 0 Å². The molecule has 6 atom stereocenters. The number of aliphatic hydroxyl groups is 1. The highest BCUT2D eigenvalue weighted by molar-refractivity contribution is 6.22. The van der Waals surface area contributed by atoms with E-state index in [4.69, 9.17) is 30.5 Å². The van der Waals surface area contributed by atoms with Crippen molar-refractivity contribution in [1.29, 1.82) is 0 Å². The van der Waals surface area contributed by atoms with Crippen LogP contribution in [0.3, 0.4) is 0 Å². The topological polar surface area (TPSA) is 125 Å². The largest absolute Gasteiger partial charge is 0.466 e. The summed E-state index contributed by atoms with van der Waals surface area (Å²) in [7, 11) is 1.16. The Kier molecular flexibility index (Phi) is 8.48. The minimum Gasteiger partial charge on any atom is -0.466 e. The van der Waals surface area contributed by atoms with E-state index in [0.29, 0.717) is 12.8 Å². The lowest BCUT2D eigenvalue weighted by Crippen LogP contribution is -2.51. The maximum Gasteiger partial charge on any atom is 0.339 e. The summed E-state index contributed by atoms with van der Waals surface area (Å²) in [5, 5.41) is 9.51. The second kappa shape index (κ2) is 10.5. The molecule has 1 heterocycles. The lowest BCUT2D eigenvalue weighted by molar-refractivity contribution is -0.183. The van der Waals surface area contributed by atoms with E-state index in [2.05, 4.69) is 6.58 Å². The third kappa shape index (κ3) is 5.83. The van der Waals surface area contributed by atoms with Crippen LogP contribution in [-0.4, -0.2) is 65.4 Å². The first-order chi connectivity index (χ1) is 15.3. The predicted molar refractivity (Wildman–Crippen MR) is 117 cm³/mol. The van der Waals surface area contributed by atoms with E-state index in [1.165, 1.54) is 13.0 Å². The molecule has 0 saturated carbocycles. The monoisotopic (exact) mass is 484 g/mol. The normalized spacial score (nSPS) is 31.4. The second-order valence-corrected chi connectivity index (χ2v) is 8.94. The summed E-state index contributed by atoms with van der Waals surface area (Å²) >= 11 is 5.96. The maximum absolute atomic E-state index is 12.9. The van der Waals surface area contributed by atoms with Crippen molar-refractivity contribution in [3.8, 4) is 0 Å². The molecule has 0 aromatic rings. The van der Waals surface area contributed by atoms with E-state index in [0.717, 1.165) is 26.5 Å². The SMILES string of the molecule is C=C1C(=O)O[C@@H]2/C=C(\C)CC/C=C(/C(=O)OC)[C@H](OC(C)=O)[C@@H](OC(=O)[C@@](C)(O)[C@@H](C)Cl)[C@@H]12. The van der Waals surface area contributed by atoms with Gasteiger partial charge in [0.1, 0.15) is 6.10 Å². The highest BCUT2D eigenvalue weighted by Gasteiger charge is 2.52. The van der Waals surface area contributed by atoms with Crippen LogP contribution in [0.2, 0.25) is 0 Å². The number of carbonyl (C=O) groups excluding carboxylic acids is 4. The molecule has 33 heavy (non-hydrogen) atoms. The van der Waals surface area contributed by atoms with Crippen LogP contribution in [0.1, 0.15) is 40.5 Å². The molecule has 182 valence electrons. The van der Waals surface area contributed by atoms with Crippen molar-refractivity contribution in [2.24, 2.45) is 5.92 Å². The molecule has 10 heteroatoms. The zero-order valence-corrected chi connectivity index (χ0v) is 20.0. The molecule has 0 unspecified atom stereocenters. The van der Waals surface area contributed by atoms with Gasteiger partial charge in [-0.3, -0.25) is 4.79 Å². The Labute approximate surface area is 197 Å². The van der Waals surface area contributed by atoms with Gasteiger partial charge in [-0.1, -0.05) is 18.2 Å². The quantitative estimate of drug-likeness (QED) is 0.205. The third-order valence-electron chi connectivity index (χ3n) is 5.72. The lowest BCUT2D eigenvalue weighted by atomic mass is 9.83. The Morgan fingerprint density at radius 1 is 1.33 bits per heavy atom. The van der Waals surface area contributed by atoms with Crippen molar-refractivity contribution in [1.82, 2.24) is 0 Å². The Bertz CT molecular complexity index is 900. The van der Waals surface area contributed by atoms with Gasteiger partial charge < -0.3 is 24.1 Å². The van der Waals surface area contributed by atoms with Crippen molar-refractivity contribution in [3.63, 3.8) is 0 Å². The lowest BCUT2D eigenvalue weighted by Gasteiger charge is -2.35. The molecular weight excluding hydrogens is 456 g/mol. The van der Waals surface area contributed by atoms with Gasteiger partial charge >= 0.3 is 23.9 Å². The van der Waals surface area contributed by atoms with Gasteiger partial charge in [0.2, 0.25) is 0 Å². The van der Waals surface area contributed by atoms with Gasteiger partial charge in [0.05, 0.1) is 24.0 Å². The first-order valence-corrected chi connectivity index (χ1v) is 10.8. The molecule has 1 fully saturated rings. The van der Waals surface area contributed by atoms with Crippen molar-refractivity contribution >= 4 is 35.5 Å². The van der Waals surface area contributed by atoms with Gasteiger partial charge in [0.15, 0.2) is 17.8 Å². The molecule has 2 rings (SSSR count). The average molecular weight is 485 g/mol. The Morgan fingerprint density at radius 2 is 1.97 bits per heavy atom. The van der Waals surface area contributed by atoms with Gasteiger partial charge in [-0.2, -0.15) is 0 Å². The number of halogens is 1. The van der Waals surface area contributed by atoms with Crippen LogP contribution < -0.4 is 0 Å². The van der Waals surface area contributed by atoms with E-state index < -0.39 is 59.1 Å². The third-order valence-corrected chi connectivity index (χ3v) is 6.14. The second-order valence-electron chi connectivity index (χ2n) is 8.29. The summed E-state index contributed by atoms with van der Waals surface area (Å²) in [5.41, 5.74) is -1.39. The minimum absolute atomic E-state index is 0.0395. The van der Waals surface area contributed by atoms with Gasteiger partial charge in [-0.25, -0.2) is 14.4 Å². The number of alkyl halides is 1. The van der Waals surface area contributed by atoms with Crippen LogP contribution in [-0.2, 0) is 38.1 Å². The molecule has 1 N–H and O–H groups in total. The van der Waals surface area contributed by atoms with Crippen LogP contribution in [0.15, 0.2) is 35.5 Å². The minimum atomic E-state index is -2.13. The molecule has 0 spiro atoms. The first kappa shape index (κ1) is 26.6. The summed E-state index contributed by atoms with van der Waals surface area (Å²) < 4.78 is 21.4. The van der Waals surface area contributed by atoms with E-state index in [-0.39, 0.29) is 11.1 Å². The first-order valence-electron chi connectivity index (χ1n) is 10.4. The van der Waals surface area contributed by atoms with Gasteiger partial charge in [-0.05, 0) is 39.7 Å². The summed E-state index contributed by atoms with van der Waals surface area (Å²) in [6.07, 6.45) is 0.283. The number of hydrogen-bond donors (Lipinski definition) is 1. The van der Waals surface area contributed by atoms with Crippen LogP contribution in [0, 0.1) is 5.92 Å². The molecule has 2 aliphatic rings. The van der Waals surface area contributed by atoms with E-state index >= 15 is 0 Å². The Balaban J connectivity index is 2.72. The average Bonchev–Trinajstić information content (AvgIpc) is 2.99. The number of fused-ring (bicyclic) bond motifs is 1. The Hall–Kier alpha value is -2.65. The fourth-order valence-corrected chi connectivity index (χ4v) is 3.69. The number of carbonyl (C=O) groups is 4. The van der Waals surface area contributed by atoms with E-state index in [1.807, 2.05) is 6.92 Å². The number of esters is 4.